The molecule has 4 aliphatic carbocycles. The third kappa shape index (κ3) is 2.57. The SMILES string of the molecule is CC(N1CCCNC(C)(C)C1)C12CC3CC(CC(C3)C1)C2. The lowest BCUT2D eigenvalue weighted by Gasteiger charge is -2.60. The molecule has 0 aromatic rings. The first kappa shape index (κ1) is 14.5. The van der Waals surface area contributed by atoms with Crippen molar-refractivity contribution < 1.29 is 0 Å². The van der Waals surface area contributed by atoms with E-state index in [-0.39, 0.29) is 5.54 Å². The topological polar surface area (TPSA) is 15.3 Å². The minimum Gasteiger partial charge on any atom is -0.310 e. The second-order valence-corrected chi connectivity index (χ2v) is 9.59. The molecule has 1 saturated heterocycles. The Morgan fingerprint density at radius 2 is 1.57 bits per heavy atom. The summed E-state index contributed by atoms with van der Waals surface area (Å²) in [7, 11) is 0. The minimum absolute atomic E-state index is 0.285. The summed E-state index contributed by atoms with van der Waals surface area (Å²) in [6, 6.07) is 0.796. The van der Waals surface area contributed by atoms with Gasteiger partial charge in [-0.3, -0.25) is 4.90 Å². The summed E-state index contributed by atoms with van der Waals surface area (Å²) in [4.78, 5) is 2.85. The molecule has 5 rings (SSSR count). The molecule has 4 saturated carbocycles. The number of nitrogens with zero attached hydrogens (tertiary/aromatic N) is 1. The highest BCUT2D eigenvalue weighted by molar-refractivity contribution is 5.06. The highest BCUT2D eigenvalue weighted by Crippen LogP contribution is 2.62. The van der Waals surface area contributed by atoms with Crippen molar-refractivity contribution in [2.45, 2.75) is 77.3 Å². The fraction of sp³-hybridized carbons (Fsp3) is 1.00. The Bertz CT molecular complexity index is 365. The molecular formula is C19H34N2. The van der Waals surface area contributed by atoms with Crippen molar-refractivity contribution in [1.29, 1.82) is 0 Å². The van der Waals surface area contributed by atoms with E-state index >= 15 is 0 Å². The van der Waals surface area contributed by atoms with E-state index in [9.17, 15) is 0 Å². The molecular weight excluding hydrogens is 256 g/mol. The van der Waals surface area contributed by atoms with E-state index in [1.165, 1.54) is 26.1 Å². The summed E-state index contributed by atoms with van der Waals surface area (Å²) in [6.07, 6.45) is 10.7. The molecule has 5 fully saturated rings. The van der Waals surface area contributed by atoms with Crippen LogP contribution in [-0.2, 0) is 0 Å². The van der Waals surface area contributed by atoms with E-state index in [1.807, 2.05) is 0 Å². The van der Waals surface area contributed by atoms with Gasteiger partial charge in [-0.05, 0) is 102 Å². The minimum atomic E-state index is 0.285. The first-order valence-corrected chi connectivity index (χ1v) is 9.45. The van der Waals surface area contributed by atoms with Crippen LogP contribution in [0.25, 0.3) is 0 Å². The third-order valence-electron chi connectivity index (χ3n) is 7.34. The van der Waals surface area contributed by atoms with E-state index in [0.29, 0.717) is 5.41 Å². The average molecular weight is 290 g/mol. The Labute approximate surface area is 131 Å². The van der Waals surface area contributed by atoms with Gasteiger partial charge >= 0.3 is 0 Å². The van der Waals surface area contributed by atoms with Crippen molar-refractivity contribution in [3.8, 4) is 0 Å². The highest BCUT2D eigenvalue weighted by Gasteiger charge is 2.54. The molecule has 0 amide bonds. The van der Waals surface area contributed by atoms with Crippen LogP contribution in [0, 0.1) is 23.2 Å². The summed E-state index contributed by atoms with van der Waals surface area (Å²) in [5.74, 6) is 3.24. The number of nitrogens with one attached hydrogen (secondary N) is 1. The van der Waals surface area contributed by atoms with Crippen LogP contribution in [0.4, 0.5) is 0 Å². The molecule has 21 heavy (non-hydrogen) atoms. The Hall–Kier alpha value is -0.0800. The largest absolute Gasteiger partial charge is 0.310 e. The first-order valence-electron chi connectivity index (χ1n) is 9.45. The molecule has 1 atom stereocenters. The van der Waals surface area contributed by atoms with E-state index < -0.39 is 0 Å². The van der Waals surface area contributed by atoms with Gasteiger partial charge in [0, 0.05) is 18.1 Å². The fourth-order valence-electron chi connectivity index (χ4n) is 6.76. The Kier molecular flexibility index (Phi) is 3.43. The van der Waals surface area contributed by atoms with Crippen LogP contribution in [0.15, 0.2) is 0 Å². The van der Waals surface area contributed by atoms with Crippen molar-refractivity contribution in [2.24, 2.45) is 23.2 Å². The Balaban J connectivity index is 1.55. The molecule has 4 bridgehead atoms. The second kappa shape index (κ2) is 4.96. The molecule has 0 aromatic carbocycles. The van der Waals surface area contributed by atoms with E-state index in [4.69, 9.17) is 0 Å². The number of rotatable bonds is 2. The molecule has 2 heteroatoms. The first-order chi connectivity index (χ1) is 9.96. The van der Waals surface area contributed by atoms with Gasteiger partial charge in [-0.25, -0.2) is 0 Å². The summed E-state index contributed by atoms with van der Waals surface area (Å²) in [5, 5.41) is 3.74. The average Bonchev–Trinajstić information content (AvgIpc) is 2.57. The highest BCUT2D eigenvalue weighted by atomic mass is 15.2. The van der Waals surface area contributed by atoms with Crippen molar-refractivity contribution >= 4 is 0 Å². The predicted octanol–water partition coefficient (Wildman–Crippen LogP) is 3.67. The molecule has 0 radical (unpaired) electrons. The van der Waals surface area contributed by atoms with E-state index in [0.717, 1.165) is 23.8 Å². The zero-order valence-corrected chi connectivity index (χ0v) is 14.3. The maximum atomic E-state index is 3.74. The van der Waals surface area contributed by atoms with Crippen molar-refractivity contribution in [3.63, 3.8) is 0 Å². The van der Waals surface area contributed by atoms with Gasteiger partial charge in [-0.2, -0.15) is 0 Å². The number of hydrogen-bond donors (Lipinski definition) is 1. The van der Waals surface area contributed by atoms with Gasteiger partial charge < -0.3 is 5.32 Å². The van der Waals surface area contributed by atoms with Gasteiger partial charge in [-0.1, -0.05) is 0 Å². The van der Waals surface area contributed by atoms with Crippen LogP contribution in [0.2, 0.25) is 0 Å². The summed E-state index contributed by atoms with van der Waals surface area (Å²) in [6.45, 7) is 11.1. The standard InChI is InChI=1S/C19H34N2/c1-14(21-6-4-5-20-18(2,3)13-21)19-10-15-7-16(11-19)9-17(8-15)12-19/h14-17,20H,4-13H2,1-3H3. The lowest BCUT2D eigenvalue weighted by molar-refractivity contribution is -0.0980. The molecule has 1 heterocycles. The van der Waals surface area contributed by atoms with Gasteiger partial charge in [0.15, 0.2) is 0 Å². The van der Waals surface area contributed by atoms with Crippen molar-refractivity contribution in [3.05, 3.63) is 0 Å². The van der Waals surface area contributed by atoms with Crippen LogP contribution in [0.1, 0.15) is 65.7 Å². The molecule has 0 aromatic heterocycles. The molecule has 2 nitrogen and oxygen atoms in total. The quantitative estimate of drug-likeness (QED) is 0.835. The van der Waals surface area contributed by atoms with Gasteiger partial charge in [0.1, 0.15) is 0 Å². The van der Waals surface area contributed by atoms with Crippen LogP contribution in [0.5, 0.6) is 0 Å². The van der Waals surface area contributed by atoms with Gasteiger partial charge in [-0.15, -0.1) is 0 Å². The van der Waals surface area contributed by atoms with Gasteiger partial charge in [0.25, 0.3) is 0 Å². The predicted molar refractivity (Wildman–Crippen MR) is 88.3 cm³/mol. The third-order valence-corrected chi connectivity index (χ3v) is 7.34. The van der Waals surface area contributed by atoms with E-state index in [2.05, 4.69) is 31.0 Å². The molecule has 0 spiro atoms. The van der Waals surface area contributed by atoms with Crippen LogP contribution >= 0.6 is 0 Å². The van der Waals surface area contributed by atoms with Crippen LogP contribution < -0.4 is 5.32 Å². The molecule has 1 aliphatic heterocycles. The monoisotopic (exact) mass is 290 g/mol. The smallest absolute Gasteiger partial charge is 0.0252 e. The Morgan fingerprint density at radius 3 is 2.14 bits per heavy atom. The zero-order valence-electron chi connectivity index (χ0n) is 14.3. The van der Waals surface area contributed by atoms with Gasteiger partial charge in [0.2, 0.25) is 0 Å². The van der Waals surface area contributed by atoms with E-state index in [1.54, 1.807) is 38.5 Å². The molecule has 1 unspecified atom stereocenters. The normalized spacial score (nSPS) is 47.3. The lowest BCUT2D eigenvalue weighted by atomic mass is 9.47. The number of hydrogen-bond acceptors (Lipinski definition) is 2. The maximum Gasteiger partial charge on any atom is 0.0252 e. The molecule has 120 valence electrons. The summed E-state index contributed by atoms with van der Waals surface area (Å²) in [5.41, 5.74) is 0.961. The molecule has 5 aliphatic rings. The second-order valence-electron chi connectivity index (χ2n) is 9.59. The lowest BCUT2D eigenvalue weighted by Crippen LogP contribution is -2.58. The Morgan fingerprint density at radius 1 is 1.00 bits per heavy atom. The van der Waals surface area contributed by atoms with Crippen molar-refractivity contribution in [2.75, 3.05) is 19.6 Å². The fourth-order valence-corrected chi connectivity index (χ4v) is 6.76. The summed E-state index contributed by atoms with van der Waals surface area (Å²) >= 11 is 0. The van der Waals surface area contributed by atoms with Crippen molar-refractivity contribution in [1.82, 2.24) is 10.2 Å². The maximum absolute atomic E-state index is 3.74. The van der Waals surface area contributed by atoms with Crippen LogP contribution in [0.3, 0.4) is 0 Å². The van der Waals surface area contributed by atoms with Crippen LogP contribution in [-0.4, -0.2) is 36.1 Å². The molecule has 1 N–H and O–H groups in total. The zero-order chi connectivity index (χ0) is 14.7. The summed E-state index contributed by atoms with van der Waals surface area (Å²) < 4.78 is 0. The van der Waals surface area contributed by atoms with Gasteiger partial charge in [0.05, 0.1) is 0 Å².